The molecule has 0 aliphatic heterocycles. The number of hydrogen-bond acceptors (Lipinski definition) is 9. The Morgan fingerprint density at radius 1 is 1.12 bits per heavy atom. The van der Waals surface area contributed by atoms with E-state index in [1.54, 1.807) is 24.3 Å². The summed E-state index contributed by atoms with van der Waals surface area (Å²) in [5, 5.41) is 14.3. The summed E-state index contributed by atoms with van der Waals surface area (Å²) in [5.74, 6) is -0.996. The Labute approximate surface area is 193 Å². The predicted molar refractivity (Wildman–Crippen MR) is 119 cm³/mol. The Hall–Kier alpha value is -4.23. The molecule has 0 aliphatic carbocycles. The maximum atomic E-state index is 12.5. The van der Waals surface area contributed by atoms with Gasteiger partial charge in [0.15, 0.2) is 0 Å². The van der Waals surface area contributed by atoms with E-state index in [9.17, 15) is 28.1 Å². The zero-order valence-corrected chi connectivity index (χ0v) is 18.4. The summed E-state index contributed by atoms with van der Waals surface area (Å²) in [6.07, 6.45) is 1.45. The first-order valence-electron chi connectivity index (χ1n) is 9.74. The molecule has 3 aromatic rings. The number of furan rings is 1. The third-order valence-corrected chi connectivity index (χ3v) is 5.93. The van der Waals surface area contributed by atoms with Gasteiger partial charge in [-0.3, -0.25) is 19.7 Å². The van der Waals surface area contributed by atoms with Crippen LogP contribution in [-0.2, 0) is 32.7 Å². The van der Waals surface area contributed by atoms with Crippen molar-refractivity contribution >= 4 is 33.3 Å². The Morgan fingerprint density at radius 3 is 2.59 bits per heavy atom. The summed E-state index contributed by atoms with van der Waals surface area (Å²) < 4.78 is 37.3. The van der Waals surface area contributed by atoms with Gasteiger partial charge in [-0.15, -0.1) is 0 Å². The minimum atomic E-state index is -4.25. The molecule has 13 heteroatoms. The Morgan fingerprint density at radius 2 is 1.91 bits per heavy atom. The second-order valence-electron chi connectivity index (χ2n) is 6.92. The number of nitrogens with two attached hydrogens (primary N) is 1. The smallest absolute Gasteiger partial charge is 0.321 e. The molecule has 2 aromatic carbocycles. The highest BCUT2D eigenvalue weighted by Crippen LogP contribution is 2.28. The van der Waals surface area contributed by atoms with Gasteiger partial charge >= 0.3 is 5.97 Å². The summed E-state index contributed by atoms with van der Waals surface area (Å²) in [6.45, 7) is -0.750. The number of carbonyl (C=O) groups is 2. The molecule has 178 valence electrons. The van der Waals surface area contributed by atoms with E-state index in [4.69, 9.17) is 14.9 Å². The molecule has 0 saturated heterocycles. The first-order valence-corrected chi connectivity index (χ1v) is 11.2. The van der Waals surface area contributed by atoms with Gasteiger partial charge in [0.2, 0.25) is 15.9 Å². The minimum Gasteiger partial charge on any atom is -0.467 e. The van der Waals surface area contributed by atoms with Crippen LogP contribution in [0.15, 0.2) is 70.2 Å². The molecule has 0 saturated carbocycles. The van der Waals surface area contributed by atoms with E-state index in [0.717, 1.165) is 6.07 Å². The topological polar surface area (TPSA) is 184 Å². The van der Waals surface area contributed by atoms with Gasteiger partial charge in [0.1, 0.15) is 24.6 Å². The van der Waals surface area contributed by atoms with Gasteiger partial charge in [-0.05, 0) is 42.0 Å². The van der Waals surface area contributed by atoms with Gasteiger partial charge < -0.3 is 20.2 Å². The molecule has 1 amide bonds. The van der Waals surface area contributed by atoms with E-state index in [-0.39, 0.29) is 24.4 Å². The number of esters is 1. The van der Waals surface area contributed by atoms with Crippen molar-refractivity contribution < 1.29 is 32.1 Å². The van der Waals surface area contributed by atoms with Crippen molar-refractivity contribution in [1.29, 1.82) is 0 Å². The van der Waals surface area contributed by atoms with Gasteiger partial charge in [-0.25, -0.2) is 8.42 Å². The van der Waals surface area contributed by atoms with Crippen molar-refractivity contribution in [3.8, 4) is 0 Å². The number of nitrogens with zero attached hydrogens (tertiary/aromatic N) is 1. The quantitative estimate of drug-likeness (QED) is 0.206. The number of nitrogens with one attached hydrogen (secondary N) is 2. The van der Waals surface area contributed by atoms with Gasteiger partial charge in [0, 0.05) is 11.6 Å². The highest BCUT2D eigenvalue weighted by atomic mass is 32.2. The molecule has 34 heavy (non-hydrogen) atoms. The number of amides is 1. The summed E-state index contributed by atoms with van der Waals surface area (Å²) in [7, 11) is -4.25. The van der Waals surface area contributed by atoms with Crippen LogP contribution in [0.25, 0.3) is 0 Å². The van der Waals surface area contributed by atoms with E-state index in [1.165, 1.54) is 30.5 Å². The number of anilines is 1. The standard InChI is InChI=1S/C21H20N4O8S/c22-21(27)15-4-1-3-14(9-15)13-33-20(26)12-24-34(30,31)17-6-7-18(19(10-17)25(28)29)23-11-16-5-2-8-32-16/h1-10,23-24H,11-13H2,(H2,22,27). The molecule has 0 unspecified atom stereocenters. The predicted octanol–water partition coefficient (Wildman–Crippen LogP) is 1.92. The average Bonchev–Trinajstić information content (AvgIpc) is 3.34. The lowest BCUT2D eigenvalue weighted by Gasteiger charge is -2.10. The molecule has 1 heterocycles. The average molecular weight is 488 g/mol. The van der Waals surface area contributed by atoms with Crippen molar-refractivity contribution in [2.24, 2.45) is 5.73 Å². The lowest BCUT2D eigenvalue weighted by atomic mass is 10.1. The van der Waals surface area contributed by atoms with Gasteiger partial charge in [-0.1, -0.05) is 12.1 Å². The summed E-state index contributed by atoms with van der Waals surface area (Å²) in [6, 6.07) is 12.7. The van der Waals surface area contributed by atoms with E-state index < -0.39 is 44.0 Å². The van der Waals surface area contributed by atoms with Gasteiger partial charge in [0.25, 0.3) is 5.69 Å². The van der Waals surface area contributed by atoms with E-state index in [1.807, 2.05) is 4.72 Å². The molecule has 12 nitrogen and oxygen atoms in total. The van der Waals surface area contributed by atoms with Crippen LogP contribution in [-0.4, -0.2) is 31.8 Å². The third-order valence-electron chi connectivity index (χ3n) is 4.53. The Bertz CT molecular complexity index is 1310. The van der Waals surface area contributed by atoms with Crippen molar-refractivity contribution in [3.05, 3.63) is 87.9 Å². The first kappa shape index (κ1) is 24.4. The monoisotopic (exact) mass is 488 g/mol. The number of primary amides is 1. The minimum absolute atomic E-state index is 0.0953. The number of ether oxygens (including phenoxy) is 1. The lowest BCUT2D eigenvalue weighted by Crippen LogP contribution is -2.30. The number of sulfonamides is 1. The van der Waals surface area contributed by atoms with Crippen molar-refractivity contribution in [1.82, 2.24) is 4.72 Å². The highest BCUT2D eigenvalue weighted by molar-refractivity contribution is 7.89. The molecule has 3 rings (SSSR count). The van der Waals surface area contributed by atoms with Crippen LogP contribution < -0.4 is 15.8 Å². The van der Waals surface area contributed by atoms with Gasteiger partial charge in [0.05, 0.1) is 22.6 Å². The van der Waals surface area contributed by atoms with Crippen molar-refractivity contribution in [2.75, 3.05) is 11.9 Å². The molecule has 0 aliphatic rings. The SMILES string of the molecule is NC(=O)c1cccc(COC(=O)CNS(=O)(=O)c2ccc(NCc3ccco3)c([N+](=O)[O-])c2)c1. The normalized spacial score (nSPS) is 11.1. The van der Waals surface area contributed by atoms with Crippen LogP contribution in [0, 0.1) is 10.1 Å². The van der Waals surface area contributed by atoms with Crippen molar-refractivity contribution in [2.45, 2.75) is 18.0 Å². The highest BCUT2D eigenvalue weighted by Gasteiger charge is 2.22. The zero-order chi connectivity index (χ0) is 24.7. The van der Waals surface area contributed by atoms with Crippen molar-refractivity contribution in [3.63, 3.8) is 0 Å². The van der Waals surface area contributed by atoms with Crippen LogP contribution in [0.4, 0.5) is 11.4 Å². The number of rotatable bonds is 11. The Kier molecular flexibility index (Phi) is 7.60. The summed E-state index contributed by atoms with van der Waals surface area (Å²) >= 11 is 0. The van der Waals surface area contributed by atoms with E-state index >= 15 is 0 Å². The lowest BCUT2D eigenvalue weighted by molar-refractivity contribution is -0.384. The third kappa shape index (κ3) is 6.40. The van der Waals surface area contributed by atoms with E-state index in [2.05, 4.69) is 5.32 Å². The molecule has 1 aromatic heterocycles. The number of benzene rings is 2. The van der Waals surface area contributed by atoms with Gasteiger partial charge in [-0.2, -0.15) is 4.72 Å². The fourth-order valence-electron chi connectivity index (χ4n) is 2.84. The summed E-state index contributed by atoms with van der Waals surface area (Å²) in [5.41, 5.74) is 5.54. The first-order chi connectivity index (χ1) is 16.2. The fraction of sp³-hybridized carbons (Fsp3) is 0.143. The second-order valence-corrected chi connectivity index (χ2v) is 8.69. The molecule has 4 N–H and O–H groups in total. The number of nitro groups is 1. The van der Waals surface area contributed by atoms with Crippen LogP contribution >= 0.6 is 0 Å². The van der Waals surface area contributed by atoms with E-state index in [0.29, 0.717) is 11.3 Å². The zero-order valence-electron chi connectivity index (χ0n) is 17.6. The molecule has 0 spiro atoms. The number of hydrogen-bond donors (Lipinski definition) is 3. The largest absolute Gasteiger partial charge is 0.467 e. The van der Waals surface area contributed by atoms with Crippen LogP contribution in [0.1, 0.15) is 21.7 Å². The molecule has 0 atom stereocenters. The number of nitro benzene ring substituents is 1. The molecular weight excluding hydrogens is 468 g/mol. The Balaban J connectivity index is 1.61. The second kappa shape index (κ2) is 10.6. The molecular formula is C21H20N4O8S. The maximum absolute atomic E-state index is 12.5. The summed E-state index contributed by atoms with van der Waals surface area (Å²) in [4.78, 5) is 33.5. The number of carbonyl (C=O) groups excluding carboxylic acids is 2. The molecule has 0 bridgehead atoms. The molecule has 0 fully saturated rings. The van der Waals surface area contributed by atoms with Crippen LogP contribution in [0.2, 0.25) is 0 Å². The van der Waals surface area contributed by atoms with Crippen LogP contribution in [0.3, 0.4) is 0 Å². The fourth-order valence-corrected chi connectivity index (χ4v) is 3.83. The maximum Gasteiger partial charge on any atom is 0.321 e. The van der Waals surface area contributed by atoms with Crippen LogP contribution in [0.5, 0.6) is 0 Å². The molecule has 0 radical (unpaired) electrons.